The maximum Gasteiger partial charge on any atom is 0.330 e. The summed E-state index contributed by atoms with van der Waals surface area (Å²) in [6.07, 6.45) is 1.96. The van der Waals surface area contributed by atoms with Crippen molar-refractivity contribution in [2.75, 3.05) is 6.54 Å². The van der Waals surface area contributed by atoms with E-state index in [1.165, 1.54) is 4.90 Å². The highest BCUT2D eigenvalue weighted by Crippen LogP contribution is 2.20. The van der Waals surface area contributed by atoms with Crippen molar-refractivity contribution in [2.45, 2.75) is 19.4 Å². The Morgan fingerprint density at radius 1 is 1.37 bits per heavy atom. The monoisotopic (exact) mass is 279 g/mol. The summed E-state index contributed by atoms with van der Waals surface area (Å²) < 4.78 is 0. The normalized spacial score (nSPS) is 18.3. The fraction of sp³-hybridized carbons (Fsp3) is 0.286. The third-order valence-electron chi connectivity index (χ3n) is 3.18. The number of halogens is 1. The van der Waals surface area contributed by atoms with E-state index in [4.69, 9.17) is 16.7 Å². The predicted octanol–water partition coefficient (Wildman–Crippen LogP) is 2.12. The molecule has 19 heavy (non-hydrogen) atoms. The standard InChI is InChI=1S/C14H14ClNO3/c1-9-6-7-16(13(9)14(18)19)12(17)8-10-2-4-11(15)5-3-10/h2-6,13H,7-8H2,1H3,(H,18,19). The van der Waals surface area contributed by atoms with E-state index in [9.17, 15) is 9.59 Å². The molecule has 100 valence electrons. The molecule has 1 aliphatic heterocycles. The SMILES string of the molecule is CC1=CCN(C(=O)Cc2ccc(Cl)cc2)C1C(=O)O. The molecule has 5 heteroatoms. The molecule has 1 heterocycles. The molecule has 0 aliphatic carbocycles. The van der Waals surface area contributed by atoms with Gasteiger partial charge < -0.3 is 10.0 Å². The first-order valence-electron chi connectivity index (χ1n) is 5.92. The van der Waals surface area contributed by atoms with E-state index in [-0.39, 0.29) is 12.3 Å². The number of nitrogens with zero attached hydrogens (tertiary/aromatic N) is 1. The highest BCUT2D eigenvalue weighted by Gasteiger charge is 2.34. The Hall–Kier alpha value is -1.81. The van der Waals surface area contributed by atoms with Gasteiger partial charge in [0, 0.05) is 11.6 Å². The zero-order chi connectivity index (χ0) is 14.0. The smallest absolute Gasteiger partial charge is 0.330 e. The van der Waals surface area contributed by atoms with E-state index in [2.05, 4.69) is 0 Å². The molecule has 0 radical (unpaired) electrons. The Morgan fingerprint density at radius 3 is 2.58 bits per heavy atom. The van der Waals surface area contributed by atoms with Crippen LogP contribution in [-0.4, -0.2) is 34.5 Å². The largest absolute Gasteiger partial charge is 0.479 e. The van der Waals surface area contributed by atoms with Crippen molar-refractivity contribution in [3.63, 3.8) is 0 Å². The summed E-state index contributed by atoms with van der Waals surface area (Å²) in [5, 5.41) is 9.76. The number of amides is 1. The summed E-state index contributed by atoms with van der Waals surface area (Å²) in [5.74, 6) is -1.18. The van der Waals surface area contributed by atoms with Crippen LogP contribution in [-0.2, 0) is 16.0 Å². The number of carboxylic acid groups (broad SMARTS) is 1. The number of aliphatic carboxylic acids is 1. The van der Waals surface area contributed by atoms with Gasteiger partial charge >= 0.3 is 5.97 Å². The van der Waals surface area contributed by atoms with Crippen molar-refractivity contribution < 1.29 is 14.7 Å². The van der Waals surface area contributed by atoms with E-state index in [0.717, 1.165) is 5.56 Å². The van der Waals surface area contributed by atoms with Gasteiger partial charge in [-0.1, -0.05) is 29.8 Å². The van der Waals surface area contributed by atoms with Gasteiger partial charge in [-0.2, -0.15) is 0 Å². The van der Waals surface area contributed by atoms with Gasteiger partial charge in [0.2, 0.25) is 5.91 Å². The Balaban J connectivity index is 2.08. The van der Waals surface area contributed by atoms with Crippen molar-refractivity contribution in [1.82, 2.24) is 4.90 Å². The number of carboxylic acids is 1. The maximum atomic E-state index is 12.2. The van der Waals surface area contributed by atoms with Gasteiger partial charge in [-0.25, -0.2) is 4.79 Å². The minimum absolute atomic E-state index is 0.183. The second-order valence-corrected chi connectivity index (χ2v) is 4.97. The van der Waals surface area contributed by atoms with Crippen LogP contribution in [0.2, 0.25) is 5.02 Å². The zero-order valence-corrected chi connectivity index (χ0v) is 11.2. The minimum Gasteiger partial charge on any atom is -0.479 e. The summed E-state index contributed by atoms with van der Waals surface area (Å²) in [6, 6.07) is 6.14. The predicted molar refractivity (Wildman–Crippen MR) is 72.0 cm³/mol. The molecule has 0 spiro atoms. The summed E-state index contributed by atoms with van der Waals surface area (Å²) in [4.78, 5) is 24.7. The minimum atomic E-state index is -0.990. The lowest BCUT2D eigenvalue weighted by Gasteiger charge is -2.23. The molecule has 0 saturated heterocycles. The van der Waals surface area contributed by atoms with Crippen LogP contribution in [0, 0.1) is 0 Å². The molecule has 1 amide bonds. The molecule has 1 aromatic rings. The lowest BCUT2D eigenvalue weighted by atomic mass is 10.1. The first kappa shape index (κ1) is 13.6. The van der Waals surface area contributed by atoms with E-state index in [1.54, 1.807) is 37.3 Å². The summed E-state index contributed by atoms with van der Waals surface area (Å²) in [5.41, 5.74) is 1.53. The van der Waals surface area contributed by atoms with Crippen molar-refractivity contribution in [3.8, 4) is 0 Å². The van der Waals surface area contributed by atoms with Gasteiger partial charge in [-0.3, -0.25) is 4.79 Å². The molecule has 1 aromatic carbocycles. The summed E-state index contributed by atoms with van der Waals surface area (Å²) in [6.45, 7) is 2.09. The first-order chi connectivity index (χ1) is 8.99. The van der Waals surface area contributed by atoms with Gasteiger partial charge in [0.15, 0.2) is 6.04 Å². The Labute approximate surface area is 116 Å². The second-order valence-electron chi connectivity index (χ2n) is 4.54. The lowest BCUT2D eigenvalue weighted by molar-refractivity contribution is -0.147. The third kappa shape index (κ3) is 2.96. The average Bonchev–Trinajstić information content (AvgIpc) is 2.74. The van der Waals surface area contributed by atoms with Crippen LogP contribution in [0.4, 0.5) is 0 Å². The zero-order valence-electron chi connectivity index (χ0n) is 10.5. The molecule has 0 fully saturated rings. The fourth-order valence-corrected chi connectivity index (χ4v) is 2.28. The topological polar surface area (TPSA) is 57.6 Å². The maximum absolute atomic E-state index is 12.2. The molecule has 0 bridgehead atoms. The van der Waals surface area contributed by atoms with Crippen molar-refractivity contribution in [3.05, 3.63) is 46.5 Å². The van der Waals surface area contributed by atoms with E-state index in [0.29, 0.717) is 17.1 Å². The van der Waals surface area contributed by atoms with Crippen LogP contribution < -0.4 is 0 Å². The van der Waals surface area contributed by atoms with Crippen molar-refractivity contribution >= 4 is 23.5 Å². The third-order valence-corrected chi connectivity index (χ3v) is 3.43. The molecule has 1 N–H and O–H groups in total. The van der Waals surface area contributed by atoms with Crippen LogP contribution in [0.25, 0.3) is 0 Å². The Morgan fingerprint density at radius 2 is 2.00 bits per heavy atom. The number of benzene rings is 1. The number of hydrogen-bond donors (Lipinski definition) is 1. The number of carbonyl (C=O) groups excluding carboxylic acids is 1. The van der Waals surface area contributed by atoms with Crippen LogP contribution in [0.5, 0.6) is 0 Å². The molecule has 0 aromatic heterocycles. The molecule has 1 atom stereocenters. The van der Waals surface area contributed by atoms with E-state index >= 15 is 0 Å². The fourth-order valence-electron chi connectivity index (χ4n) is 2.16. The van der Waals surface area contributed by atoms with Crippen LogP contribution in [0.3, 0.4) is 0 Å². The quantitative estimate of drug-likeness (QED) is 0.862. The highest BCUT2D eigenvalue weighted by atomic mass is 35.5. The second kappa shape index (κ2) is 5.45. The molecular formula is C14H14ClNO3. The number of rotatable bonds is 3. The van der Waals surface area contributed by atoms with E-state index < -0.39 is 12.0 Å². The van der Waals surface area contributed by atoms with Crippen molar-refractivity contribution in [2.24, 2.45) is 0 Å². The molecule has 1 aliphatic rings. The Bertz CT molecular complexity index is 536. The van der Waals surface area contributed by atoms with Crippen LogP contribution >= 0.6 is 11.6 Å². The lowest BCUT2D eigenvalue weighted by Crippen LogP contribution is -2.42. The van der Waals surface area contributed by atoms with Crippen molar-refractivity contribution in [1.29, 1.82) is 0 Å². The molecule has 4 nitrogen and oxygen atoms in total. The van der Waals surface area contributed by atoms with Gasteiger partial charge in [0.05, 0.1) is 6.42 Å². The van der Waals surface area contributed by atoms with Gasteiger partial charge in [0.1, 0.15) is 0 Å². The average molecular weight is 280 g/mol. The van der Waals surface area contributed by atoms with Gasteiger partial charge in [0.25, 0.3) is 0 Å². The molecule has 0 saturated carbocycles. The van der Waals surface area contributed by atoms with Gasteiger partial charge in [-0.05, 0) is 30.2 Å². The molecule has 2 rings (SSSR count). The van der Waals surface area contributed by atoms with E-state index in [1.807, 2.05) is 0 Å². The number of carbonyl (C=O) groups is 2. The van der Waals surface area contributed by atoms with Crippen LogP contribution in [0.1, 0.15) is 12.5 Å². The highest BCUT2D eigenvalue weighted by molar-refractivity contribution is 6.30. The molecule has 1 unspecified atom stereocenters. The Kier molecular flexibility index (Phi) is 3.90. The summed E-state index contributed by atoms with van der Waals surface area (Å²) >= 11 is 5.78. The first-order valence-corrected chi connectivity index (χ1v) is 6.30. The molecular weight excluding hydrogens is 266 g/mol. The summed E-state index contributed by atoms with van der Waals surface area (Å²) in [7, 11) is 0. The number of hydrogen-bond acceptors (Lipinski definition) is 2. The van der Waals surface area contributed by atoms with Gasteiger partial charge in [-0.15, -0.1) is 0 Å². The van der Waals surface area contributed by atoms with Crippen LogP contribution in [0.15, 0.2) is 35.9 Å².